The minimum atomic E-state index is 0.787. The number of benzene rings is 1. The monoisotopic (exact) mass is 331 g/mol. The van der Waals surface area contributed by atoms with Gasteiger partial charge in [-0.1, -0.05) is 17.7 Å². The van der Waals surface area contributed by atoms with Crippen molar-refractivity contribution in [3.05, 3.63) is 41.0 Å². The largest absolute Gasteiger partial charge is 0.368 e. The second-order valence-electron chi connectivity index (χ2n) is 6.01. The molecule has 3 rings (SSSR count). The van der Waals surface area contributed by atoms with Crippen LogP contribution in [0.3, 0.4) is 0 Å². The van der Waals surface area contributed by atoms with Crippen LogP contribution in [0, 0.1) is 6.92 Å². The van der Waals surface area contributed by atoms with Crippen LogP contribution in [0.2, 0.25) is 5.02 Å². The van der Waals surface area contributed by atoms with E-state index in [1.807, 2.05) is 37.3 Å². The van der Waals surface area contributed by atoms with Crippen molar-refractivity contribution in [2.24, 2.45) is 0 Å². The SMILES string of the molecule is Cc1ccc(Cl)cc1N1CCN(c2nccc(N(C)C)n2)CC1. The molecule has 1 aromatic carbocycles. The van der Waals surface area contributed by atoms with Crippen molar-refractivity contribution in [1.29, 1.82) is 0 Å². The van der Waals surface area contributed by atoms with Gasteiger partial charge in [0.2, 0.25) is 5.95 Å². The molecule has 1 aromatic heterocycles. The quantitative estimate of drug-likeness (QED) is 0.864. The molecule has 0 amide bonds. The van der Waals surface area contributed by atoms with E-state index in [1.165, 1.54) is 11.3 Å². The van der Waals surface area contributed by atoms with E-state index < -0.39 is 0 Å². The van der Waals surface area contributed by atoms with Crippen molar-refractivity contribution in [2.45, 2.75) is 6.92 Å². The maximum absolute atomic E-state index is 6.15. The van der Waals surface area contributed by atoms with Gasteiger partial charge >= 0.3 is 0 Å². The van der Waals surface area contributed by atoms with Gasteiger partial charge in [-0.3, -0.25) is 0 Å². The highest BCUT2D eigenvalue weighted by atomic mass is 35.5. The molecule has 0 saturated carbocycles. The Kier molecular flexibility index (Phi) is 4.57. The van der Waals surface area contributed by atoms with Gasteiger partial charge in [-0.25, -0.2) is 4.98 Å². The predicted octanol–water partition coefficient (Wildman–Crippen LogP) is 2.83. The number of nitrogens with zero attached hydrogens (tertiary/aromatic N) is 5. The Labute approximate surface area is 142 Å². The minimum Gasteiger partial charge on any atom is -0.368 e. The lowest BCUT2D eigenvalue weighted by Crippen LogP contribution is -2.47. The van der Waals surface area contributed by atoms with E-state index in [-0.39, 0.29) is 0 Å². The van der Waals surface area contributed by atoms with E-state index in [1.54, 1.807) is 0 Å². The van der Waals surface area contributed by atoms with Crippen molar-refractivity contribution in [3.8, 4) is 0 Å². The average Bonchev–Trinajstić information content (AvgIpc) is 2.57. The summed E-state index contributed by atoms with van der Waals surface area (Å²) in [6.07, 6.45) is 1.82. The van der Waals surface area contributed by atoms with Crippen LogP contribution in [0.4, 0.5) is 17.5 Å². The van der Waals surface area contributed by atoms with Gasteiger partial charge < -0.3 is 14.7 Å². The summed E-state index contributed by atoms with van der Waals surface area (Å²) < 4.78 is 0. The van der Waals surface area contributed by atoms with E-state index in [4.69, 9.17) is 11.6 Å². The van der Waals surface area contributed by atoms with Crippen LogP contribution in [0.5, 0.6) is 0 Å². The molecule has 6 heteroatoms. The highest BCUT2D eigenvalue weighted by Gasteiger charge is 2.20. The van der Waals surface area contributed by atoms with Crippen LogP contribution in [0.25, 0.3) is 0 Å². The molecule has 1 aliphatic rings. The van der Waals surface area contributed by atoms with Gasteiger partial charge in [0.1, 0.15) is 5.82 Å². The second kappa shape index (κ2) is 6.62. The van der Waals surface area contributed by atoms with E-state index in [9.17, 15) is 0 Å². The Hall–Kier alpha value is -2.01. The molecular formula is C17H22ClN5. The molecule has 0 unspecified atom stereocenters. The maximum Gasteiger partial charge on any atom is 0.227 e. The third-order valence-electron chi connectivity index (χ3n) is 4.16. The van der Waals surface area contributed by atoms with Gasteiger partial charge in [0.15, 0.2) is 0 Å². The normalized spacial score (nSPS) is 15.0. The summed E-state index contributed by atoms with van der Waals surface area (Å²) >= 11 is 6.15. The number of anilines is 3. The molecule has 1 fully saturated rings. The highest BCUT2D eigenvalue weighted by Crippen LogP contribution is 2.26. The first-order valence-electron chi connectivity index (χ1n) is 7.81. The zero-order chi connectivity index (χ0) is 16.4. The van der Waals surface area contributed by atoms with Gasteiger partial charge in [0.05, 0.1) is 0 Å². The Morgan fingerprint density at radius 3 is 2.43 bits per heavy atom. The van der Waals surface area contributed by atoms with Crippen LogP contribution < -0.4 is 14.7 Å². The number of halogens is 1. The number of hydrogen-bond acceptors (Lipinski definition) is 5. The van der Waals surface area contributed by atoms with Gasteiger partial charge in [0, 0.05) is 57.2 Å². The van der Waals surface area contributed by atoms with E-state index in [2.05, 4.69) is 38.8 Å². The first-order chi connectivity index (χ1) is 11.0. The second-order valence-corrected chi connectivity index (χ2v) is 6.45. The Morgan fingerprint density at radius 2 is 1.74 bits per heavy atom. The smallest absolute Gasteiger partial charge is 0.227 e. The molecule has 1 saturated heterocycles. The molecule has 122 valence electrons. The van der Waals surface area contributed by atoms with Crippen LogP contribution in [0.15, 0.2) is 30.5 Å². The lowest BCUT2D eigenvalue weighted by atomic mass is 10.1. The summed E-state index contributed by atoms with van der Waals surface area (Å²) in [5.74, 6) is 1.74. The minimum absolute atomic E-state index is 0.787. The predicted molar refractivity (Wildman–Crippen MR) is 97.0 cm³/mol. The fourth-order valence-corrected chi connectivity index (χ4v) is 2.98. The number of piperazine rings is 1. The molecule has 1 aliphatic heterocycles. The number of aromatic nitrogens is 2. The molecule has 0 spiro atoms. The Morgan fingerprint density at radius 1 is 1.04 bits per heavy atom. The molecule has 0 N–H and O–H groups in total. The lowest BCUT2D eigenvalue weighted by Gasteiger charge is -2.37. The van der Waals surface area contributed by atoms with Crippen LogP contribution >= 0.6 is 11.6 Å². The zero-order valence-corrected chi connectivity index (χ0v) is 14.6. The van der Waals surface area contributed by atoms with Crippen molar-refractivity contribution in [2.75, 3.05) is 55.0 Å². The Bertz CT molecular complexity index is 680. The third-order valence-corrected chi connectivity index (χ3v) is 4.40. The molecule has 2 heterocycles. The summed E-state index contributed by atoms with van der Waals surface area (Å²) in [4.78, 5) is 15.7. The topological polar surface area (TPSA) is 35.5 Å². The fourth-order valence-electron chi connectivity index (χ4n) is 2.81. The van der Waals surface area contributed by atoms with E-state index in [0.29, 0.717) is 0 Å². The summed E-state index contributed by atoms with van der Waals surface area (Å²) in [6, 6.07) is 8.00. The molecular weight excluding hydrogens is 310 g/mol. The number of aryl methyl sites for hydroxylation is 1. The van der Waals surface area contributed by atoms with Crippen molar-refractivity contribution in [1.82, 2.24) is 9.97 Å². The highest BCUT2D eigenvalue weighted by molar-refractivity contribution is 6.30. The van der Waals surface area contributed by atoms with Crippen molar-refractivity contribution in [3.63, 3.8) is 0 Å². The van der Waals surface area contributed by atoms with Gasteiger partial charge in [0.25, 0.3) is 0 Å². The van der Waals surface area contributed by atoms with Gasteiger partial charge in [-0.05, 0) is 30.7 Å². The summed E-state index contributed by atoms with van der Waals surface area (Å²) in [5.41, 5.74) is 2.48. The van der Waals surface area contributed by atoms with Crippen molar-refractivity contribution >= 4 is 29.1 Å². The molecule has 0 atom stereocenters. The lowest BCUT2D eigenvalue weighted by molar-refractivity contribution is 0.639. The first kappa shape index (κ1) is 15.9. The van der Waals surface area contributed by atoms with Crippen LogP contribution in [0.1, 0.15) is 5.56 Å². The average molecular weight is 332 g/mol. The summed E-state index contributed by atoms with van der Waals surface area (Å²) in [5, 5.41) is 0.787. The van der Waals surface area contributed by atoms with E-state index >= 15 is 0 Å². The summed E-state index contributed by atoms with van der Waals surface area (Å²) in [6.45, 7) is 5.82. The van der Waals surface area contributed by atoms with Crippen molar-refractivity contribution < 1.29 is 0 Å². The zero-order valence-electron chi connectivity index (χ0n) is 13.8. The molecule has 2 aromatic rings. The fraction of sp³-hybridized carbons (Fsp3) is 0.412. The van der Waals surface area contributed by atoms with Gasteiger partial charge in [-0.15, -0.1) is 0 Å². The standard InChI is InChI=1S/C17H22ClN5/c1-13-4-5-14(18)12-15(13)22-8-10-23(11-9-22)17-19-7-6-16(20-17)21(2)3/h4-7,12H,8-11H2,1-3H3. The maximum atomic E-state index is 6.15. The molecule has 0 aliphatic carbocycles. The third kappa shape index (κ3) is 3.50. The van der Waals surface area contributed by atoms with Crippen LogP contribution in [-0.4, -0.2) is 50.2 Å². The van der Waals surface area contributed by atoms with Gasteiger partial charge in [-0.2, -0.15) is 4.98 Å². The number of hydrogen-bond donors (Lipinski definition) is 0. The molecule has 0 bridgehead atoms. The Balaban J connectivity index is 1.71. The molecule has 0 radical (unpaired) electrons. The number of rotatable bonds is 3. The first-order valence-corrected chi connectivity index (χ1v) is 8.19. The van der Waals surface area contributed by atoms with E-state index in [0.717, 1.165) is 43.0 Å². The molecule has 5 nitrogen and oxygen atoms in total. The molecule has 23 heavy (non-hydrogen) atoms. The summed E-state index contributed by atoms with van der Waals surface area (Å²) in [7, 11) is 3.98. The van der Waals surface area contributed by atoms with Crippen LogP contribution in [-0.2, 0) is 0 Å².